The molecular weight excluding hydrogens is 358 g/mol. The predicted octanol–water partition coefficient (Wildman–Crippen LogP) is 4.27. The highest BCUT2D eigenvalue weighted by Gasteiger charge is 2.18. The third-order valence-electron chi connectivity index (χ3n) is 2.27. The van der Waals surface area contributed by atoms with E-state index in [1.165, 1.54) is 0 Å². The lowest BCUT2D eigenvalue weighted by molar-refractivity contribution is 0.603. The Morgan fingerprint density at radius 1 is 1.28 bits per heavy atom. The van der Waals surface area contributed by atoms with Crippen LogP contribution in [-0.4, -0.2) is 8.42 Å². The number of anilines is 1. The Balaban J connectivity index is 2.40. The lowest BCUT2D eigenvalue weighted by Gasteiger charge is -2.10. The Kier molecular flexibility index (Phi) is 4.01. The number of halogens is 2. The second-order valence-corrected chi connectivity index (χ2v) is 8.38. The number of benzene rings is 1. The smallest absolute Gasteiger partial charge is 0.271 e. The maximum atomic E-state index is 12.1. The quantitative estimate of drug-likeness (QED) is 0.881. The van der Waals surface area contributed by atoms with E-state index in [1.54, 1.807) is 37.3 Å². The minimum absolute atomic E-state index is 0.244. The topological polar surface area (TPSA) is 46.2 Å². The lowest BCUT2D eigenvalue weighted by Crippen LogP contribution is -2.12. The first-order valence-corrected chi connectivity index (χ1v) is 8.40. The second kappa shape index (κ2) is 5.21. The number of sulfonamides is 1. The van der Waals surface area contributed by atoms with E-state index in [1.807, 2.05) is 0 Å². The Morgan fingerprint density at radius 3 is 2.56 bits per heavy atom. The van der Waals surface area contributed by atoms with E-state index in [-0.39, 0.29) is 4.21 Å². The predicted molar refractivity (Wildman–Crippen MR) is 79.0 cm³/mol. The van der Waals surface area contributed by atoms with Crippen molar-refractivity contribution in [3.8, 4) is 0 Å². The molecule has 0 fully saturated rings. The summed E-state index contributed by atoms with van der Waals surface area (Å²) in [5, 5.41) is 0.384. The van der Waals surface area contributed by atoms with E-state index in [0.29, 0.717) is 10.7 Å². The van der Waals surface area contributed by atoms with E-state index in [9.17, 15) is 8.42 Å². The largest absolute Gasteiger partial charge is 0.277 e. The van der Waals surface area contributed by atoms with E-state index in [4.69, 9.17) is 11.6 Å². The van der Waals surface area contributed by atoms with E-state index in [2.05, 4.69) is 20.7 Å². The van der Waals surface area contributed by atoms with Crippen molar-refractivity contribution >= 4 is 54.6 Å². The van der Waals surface area contributed by atoms with Crippen LogP contribution in [-0.2, 0) is 10.0 Å². The molecule has 0 saturated heterocycles. The van der Waals surface area contributed by atoms with Crippen molar-refractivity contribution in [2.45, 2.75) is 11.1 Å². The first-order chi connectivity index (χ1) is 8.40. The molecule has 1 aromatic heterocycles. The summed E-state index contributed by atoms with van der Waals surface area (Å²) in [4.78, 5) is 0. The van der Waals surface area contributed by atoms with Crippen LogP contribution in [0.1, 0.15) is 5.56 Å². The average Bonchev–Trinajstić information content (AvgIpc) is 2.71. The molecule has 18 heavy (non-hydrogen) atoms. The third-order valence-corrected chi connectivity index (χ3v) is 6.05. The van der Waals surface area contributed by atoms with Crippen LogP contribution in [0.4, 0.5) is 5.69 Å². The maximum absolute atomic E-state index is 12.1. The fraction of sp³-hybridized carbons (Fsp3) is 0.0909. The van der Waals surface area contributed by atoms with E-state index in [0.717, 1.165) is 20.7 Å². The number of hydrogen-bond donors (Lipinski definition) is 1. The minimum Gasteiger partial charge on any atom is -0.277 e. The monoisotopic (exact) mass is 365 g/mol. The molecule has 7 heteroatoms. The molecule has 1 aromatic carbocycles. The van der Waals surface area contributed by atoms with Gasteiger partial charge in [0.2, 0.25) is 0 Å². The summed E-state index contributed by atoms with van der Waals surface area (Å²) in [5.41, 5.74) is 1.20. The standard InChI is InChI=1S/C11H9BrClNO2S2/c1-7-3-2-4-8(13)11(7)14-18(15,16)10-6-5-9(12)17-10/h2-6,14H,1H3. The summed E-state index contributed by atoms with van der Waals surface area (Å²) in [6, 6.07) is 8.46. The molecule has 0 aliphatic carbocycles. The van der Waals surface area contributed by atoms with Gasteiger partial charge in [-0.1, -0.05) is 23.7 Å². The van der Waals surface area contributed by atoms with Gasteiger partial charge in [-0.15, -0.1) is 11.3 Å². The number of hydrogen-bond acceptors (Lipinski definition) is 3. The molecule has 1 N–H and O–H groups in total. The van der Waals surface area contributed by atoms with Gasteiger partial charge in [-0.3, -0.25) is 4.72 Å². The maximum Gasteiger partial charge on any atom is 0.271 e. The molecule has 0 unspecified atom stereocenters. The van der Waals surface area contributed by atoms with Crippen LogP contribution in [0.5, 0.6) is 0 Å². The molecule has 0 aliphatic rings. The van der Waals surface area contributed by atoms with Gasteiger partial charge in [-0.05, 0) is 46.6 Å². The van der Waals surface area contributed by atoms with Crippen LogP contribution in [0.25, 0.3) is 0 Å². The number of rotatable bonds is 3. The normalized spacial score (nSPS) is 11.5. The molecule has 0 spiro atoms. The number of nitrogens with one attached hydrogen (secondary N) is 1. The molecule has 0 amide bonds. The summed E-state index contributed by atoms with van der Waals surface area (Å²) < 4.78 is 27.8. The van der Waals surface area contributed by atoms with Crippen molar-refractivity contribution in [2.24, 2.45) is 0 Å². The average molecular weight is 367 g/mol. The summed E-state index contributed by atoms with van der Waals surface area (Å²) in [6.07, 6.45) is 0. The molecule has 0 atom stereocenters. The van der Waals surface area contributed by atoms with Crippen LogP contribution in [0, 0.1) is 6.92 Å². The van der Waals surface area contributed by atoms with Gasteiger partial charge in [-0.2, -0.15) is 0 Å². The molecule has 0 bridgehead atoms. The van der Waals surface area contributed by atoms with Gasteiger partial charge in [0.15, 0.2) is 0 Å². The van der Waals surface area contributed by atoms with Gasteiger partial charge in [0.05, 0.1) is 14.5 Å². The Morgan fingerprint density at radius 2 is 2.00 bits per heavy atom. The van der Waals surface area contributed by atoms with Crippen LogP contribution < -0.4 is 4.72 Å². The zero-order chi connectivity index (χ0) is 13.3. The minimum atomic E-state index is -3.58. The zero-order valence-corrected chi connectivity index (χ0v) is 13.3. The second-order valence-electron chi connectivity index (χ2n) is 3.60. The molecule has 2 aromatic rings. The lowest BCUT2D eigenvalue weighted by atomic mass is 10.2. The highest BCUT2D eigenvalue weighted by Crippen LogP contribution is 2.31. The van der Waals surface area contributed by atoms with Crippen LogP contribution in [0.3, 0.4) is 0 Å². The molecule has 0 radical (unpaired) electrons. The Hall–Kier alpha value is -0.560. The van der Waals surface area contributed by atoms with Crippen LogP contribution >= 0.6 is 38.9 Å². The first-order valence-electron chi connectivity index (χ1n) is 4.93. The third kappa shape index (κ3) is 2.88. The van der Waals surface area contributed by atoms with Crippen molar-refractivity contribution in [2.75, 3.05) is 4.72 Å². The SMILES string of the molecule is Cc1cccc(Cl)c1NS(=O)(=O)c1ccc(Br)s1. The molecule has 1 heterocycles. The molecular formula is C11H9BrClNO2S2. The van der Waals surface area contributed by atoms with Crippen molar-refractivity contribution in [3.05, 3.63) is 44.7 Å². The van der Waals surface area contributed by atoms with Gasteiger partial charge in [0.1, 0.15) is 4.21 Å². The molecule has 0 saturated carbocycles. The Labute approximate surface area is 123 Å². The van der Waals surface area contributed by atoms with Gasteiger partial charge in [0.25, 0.3) is 10.0 Å². The number of para-hydroxylation sites is 1. The summed E-state index contributed by atoms with van der Waals surface area (Å²) in [5.74, 6) is 0. The van der Waals surface area contributed by atoms with Crippen molar-refractivity contribution in [1.29, 1.82) is 0 Å². The summed E-state index contributed by atoms with van der Waals surface area (Å²) >= 11 is 10.4. The first kappa shape index (κ1) is 13.9. The molecule has 2 rings (SSSR count). The molecule has 3 nitrogen and oxygen atoms in total. The van der Waals surface area contributed by atoms with E-state index < -0.39 is 10.0 Å². The van der Waals surface area contributed by atoms with Crippen LogP contribution in [0.15, 0.2) is 38.3 Å². The van der Waals surface area contributed by atoms with Crippen molar-refractivity contribution < 1.29 is 8.42 Å². The molecule has 96 valence electrons. The van der Waals surface area contributed by atoms with Gasteiger partial charge < -0.3 is 0 Å². The van der Waals surface area contributed by atoms with Crippen molar-refractivity contribution in [1.82, 2.24) is 0 Å². The van der Waals surface area contributed by atoms with Crippen LogP contribution in [0.2, 0.25) is 5.02 Å². The van der Waals surface area contributed by atoms with E-state index >= 15 is 0 Å². The number of thiophene rings is 1. The zero-order valence-electron chi connectivity index (χ0n) is 9.28. The highest BCUT2D eigenvalue weighted by molar-refractivity contribution is 9.11. The fourth-order valence-corrected chi connectivity index (χ4v) is 4.87. The van der Waals surface area contributed by atoms with Crippen molar-refractivity contribution in [3.63, 3.8) is 0 Å². The fourth-order valence-electron chi connectivity index (χ4n) is 1.39. The Bertz CT molecular complexity index is 662. The van der Waals surface area contributed by atoms with Gasteiger partial charge in [-0.25, -0.2) is 8.42 Å². The number of aryl methyl sites for hydroxylation is 1. The van der Waals surface area contributed by atoms with Gasteiger partial charge >= 0.3 is 0 Å². The summed E-state index contributed by atoms with van der Waals surface area (Å²) in [6.45, 7) is 1.80. The van der Waals surface area contributed by atoms with Gasteiger partial charge in [0, 0.05) is 0 Å². The summed E-state index contributed by atoms with van der Waals surface area (Å²) in [7, 11) is -3.58. The molecule has 0 aliphatic heterocycles. The highest BCUT2D eigenvalue weighted by atomic mass is 79.9.